The van der Waals surface area contributed by atoms with Crippen molar-refractivity contribution in [2.45, 2.75) is 97.2 Å². The van der Waals surface area contributed by atoms with Gasteiger partial charge >= 0.3 is 0 Å². The standard InChI is InChI=1S/C42H49NO2Si/c1-5-7-9-16-27-44-41-33-37(25-30-46(3,4)29-18-15-26-43)42(45-28-17-10-8-6-2)32-36(41)24-23-35-31-34-19-11-12-20-38(34)40-22-14-13-21-39(35)40/h11-14,19-22,31-33H,5-10,15-18,27-29H2,1-4H3. The molecule has 3 nitrogen and oxygen atoms in total. The van der Waals surface area contributed by atoms with E-state index in [0.717, 1.165) is 71.7 Å². The third-order valence-electron chi connectivity index (χ3n) is 8.32. The Kier molecular flexibility index (Phi) is 13.6. The van der Waals surface area contributed by atoms with Crippen LogP contribution in [-0.4, -0.2) is 21.3 Å². The number of hydrogen-bond donors (Lipinski definition) is 0. The maximum Gasteiger partial charge on any atom is 0.136 e. The van der Waals surface area contributed by atoms with E-state index in [1.54, 1.807) is 0 Å². The first-order chi connectivity index (χ1) is 22.5. The predicted octanol–water partition coefficient (Wildman–Crippen LogP) is 11.2. The summed E-state index contributed by atoms with van der Waals surface area (Å²) >= 11 is 0. The van der Waals surface area contributed by atoms with E-state index in [2.05, 4.69) is 117 Å². The first-order valence-corrected chi connectivity index (χ1v) is 20.4. The molecular formula is C42H49NO2Si. The molecular weight excluding hydrogens is 579 g/mol. The Bertz CT molecular complexity index is 1760. The van der Waals surface area contributed by atoms with Gasteiger partial charge in [-0.25, -0.2) is 0 Å². The quantitative estimate of drug-likeness (QED) is 0.0570. The highest BCUT2D eigenvalue weighted by Crippen LogP contribution is 2.31. The molecule has 0 aromatic heterocycles. The molecule has 0 fully saturated rings. The molecule has 238 valence electrons. The van der Waals surface area contributed by atoms with Crippen molar-refractivity contribution in [3.63, 3.8) is 0 Å². The molecule has 4 aromatic carbocycles. The van der Waals surface area contributed by atoms with Crippen LogP contribution in [0.15, 0.2) is 66.7 Å². The van der Waals surface area contributed by atoms with E-state index >= 15 is 0 Å². The SMILES string of the molecule is CCCCCCOc1cc(C#C[Si](C)(C)CCCC#N)c(OCCCCCC)cc1C#Cc1cc2ccccc2c2ccccc12. The summed E-state index contributed by atoms with van der Waals surface area (Å²) in [5.41, 5.74) is 6.31. The van der Waals surface area contributed by atoms with Crippen molar-refractivity contribution in [1.82, 2.24) is 0 Å². The van der Waals surface area contributed by atoms with Crippen LogP contribution in [-0.2, 0) is 0 Å². The van der Waals surface area contributed by atoms with Crippen molar-refractivity contribution in [3.8, 4) is 40.9 Å². The lowest BCUT2D eigenvalue weighted by molar-refractivity contribution is 0.295. The van der Waals surface area contributed by atoms with Gasteiger partial charge in [0.25, 0.3) is 0 Å². The maximum atomic E-state index is 9.02. The molecule has 0 heterocycles. The van der Waals surface area contributed by atoms with Crippen molar-refractivity contribution in [2.75, 3.05) is 13.2 Å². The van der Waals surface area contributed by atoms with Crippen LogP contribution >= 0.6 is 0 Å². The fraction of sp³-hybridized carbons (Fsp3) is 0.405. The molecule has 0 N–H and O–H groups in total. The van der Waals surface area contributed by atoms with Gasteiger partial charge in [0.1, 0.15) is 19.6 Å². The molecule has 4 rings (SSSR count). The Hall–Kier alpha value is -4.17. The second-order valence-electron chi connectivity index (χ2n) is 12.7. The lowest BCUT2D eigenvalue weighted by atomic mass is 9.97. The predicted molar refractivity (Wildman–Crippen MR) is 197 cm³/mol. The fourth-order valence-corrected chi connectivity index (χ4v) is 7.28. The Labute approximate surface area is 278 Å². The van der Waals surface area contributed by atoms with Crippen LogP contribution in [0.25, 0.3) is 21.5 Å². The molecule has 46 heavy (non-hydrogen) atoms. The van der Waals surface area contributed by atoms with Crippen molar-refractivity contribution in [3.05, 3.63) is 83.4 Å². The highest BCUT2D eigenvalue weighted by Gasteiger charge is 2.18. The first-order valence-electron chi connectivity index (χ1n) is 17.2. The highest BCUT2D eigenvalue weighted by molar-refractivity contribution is 6.85. The van der Waals surface area contributed by atoms with E-state index in [-0.39, 0.29) is 0 Å². The smallest absolute Gasteiger partial charge is 0.136 e. The van der Waals surface area contributed by atoms with Gasteiger partial charge in [-0.3, -0.25) is 0 Å². The summed E-state index contributed by atoms with van der Waals surface area (Å²) in [4.78, 5) is 0. The molecule has 0 saturated carbocycles. The lowest BCUT2D eigenvalue weighted by Crippen LogP contribution is -2.22. The summed E-state index contributed by atoms with van der Waals surface area (Å²) < 4.78 is 12.9. The van der Waals surface area contributed by atoms with Gasteiger partial charge in [-0.15, -0.1) is 5.54 Å². The van der Waals surface area contributed by atoms with Crippen molar-refractivity contribution in [1.29, 1.82) is 5.26 Å². The van der Waals surface area contributed by atoms with Gasteiger partial charge in [0.2, 0.25) is 0 Å². The minimum Gasteiger partial charge on any atom is -0.492 e. The van der Waals surface area contributed by atoms with E-state index < -0.39 is 8.07 Å². The summed E-state index contributed by atoms with van der Waals surface area (Å²) in [7, 11) is -1.81. The monoisotopic (exact) mass is 627 g/mol. The van der Waals surface area contributed by atoms with Crippen molar-refractivity contribution >= 4 is 29.6 Å². The minimum absolute atomic E-state index is 0.583. The third-order valence-corrected chi connectivity index (χ3v) is 10.7. The van der Waals surface area contributed by atoms with Gasteiger partial charge in [0.15, 0.2) is 0 Å². The van der Waals surface area contributed by atoms with Crippen LogP contribution in [0.1, 0.15) is 94.7 Å². The van der Waals surface area contributed by atoms with Crippen LogP contribution in [0.3, 0.4) is 0 Å². The van der Waals surface area contributed by atoms with E-state index in [0.29, 0.717) is 19.6 Å². The summed E-state index contributed by atoms with van der Waals surface area (Å²) in [5, 5.41) is 13.8. The summed E-state index contributed by atoms with van der Waals surface area (Å²) in [6, 6.07) is 26.6. The van der Waals surface area contributed by atoms with E-state index in [9.17, 15) is 0 Å². The molecule has 0 aliphatic heterocycles. The number of unbranched alkanes of at least 4 members (excludes halogenated alkanes) is 7. The van der Waals surface area contributed by atoms with Crippen LogP contribution in [0.5, 0.6) is 11.5 Å². The zero-order chi connectivity index (χ0) is 32.6. The molecule has 0 atom stereocenters. The number of benzene rings is 4. The molecule has 0 unspecified atom stereocenters. The number of ether oxygens (including phenoxy) is 2. The molecule has 0 amide bonds. The van der Waals surface area contributed by atoms with Crippen LogP contribution < -0.4 is 9.47 Å². The maximum absolute atomic E-state index is 9.02. The average Bonchev–Trinajstić information content (AvgIpc) is 3.07. The Morgan fingerprint density at radius 1 is 0.609 bits per heavy atom. The lowest BCUT2D eigenvalue weighted by Gasteiger charge is -2.15. The number of fused-ring (bicyclic) bond motifs is 3. The molecule has 4 heteroatoms. The van der Waals surface area contributed by atoms with Gasteiger partial charge in [0.05, 0.1) is 30.4 Å². The third kappa shape index (κ3) is 10.2. The molecule has 0 spiro atoms. The summed E-state index contributed by atoms with van der Waals surface area (Å²) in [6.07, 6.45) is 10.6. The Morgan fingerprint density at radius 3 is 1.80 bits per heavy atom. The van der Waals surface area contributed by atoms with Gasteiger partial charge in [-0.1, -0.05) is 132 Å². The number of nitriles is 1. The molecule has 0 saturated heterocycles. The minimum atomic E-state index is -1.81. The fourth-order valence-electron chi connectivity index (χ4n) is 5.62. The van der Waals surface area contributed by atoms with Crippen molar-refractivity contribution < 1.29 is 9.47 Å². The van der Waals surface area contributed by atoms with Gasteiger partial charge in [-0.2, -0.15) is 5.26 Å². The van der Waals surface area contributed by atoms with Gasteiger partial charge < -0.3 is 9.47 Å². The molecule has 0 bridgehead atoms. The molecule has 0 radical (unpaired) electrons. The topological polar surface area (TPSA) is 42.2 Å². The zero-order valence-electron chi connectivity index (χ0n) is 28.3. The average molecular weight is 628 g/mol. The van der Waals surface area contributed by atoms with E-state index in [1.807, 2.05) is 6.07 Å². The molecule has 4 aromatic rings. The number of rotatable bonds is 15. The Balaban J connectivity index is 1.77. The van der Waals surface area contributed by atoms with Crippen molar-refractivity contribution in [2.24, 2.45) is 0 Å². The molecule has 0 aliphatic carbocycles. The largest absolute Gasteiger partial charge is 0.492 e. The number of nitrogens with zero attached hydrogens (tertiary/aromatic N) is 1. The second kappa shape index (κ2) is 18.1. The second-order valence-corrected chi connectivity index (χ2v) is 17.3. The summed E-state index contributed by atoms with van der Waals surface area (Å²) in [6.45, 7) is 10.3. The number of hydrogen-bond acceptors (Lipinski definition) is 3. The summed E-state index contributed by atoms with van der Waals surface area (Å²) in [5.74, 6) is 12.1. The van der Waals surface area contributed by atoms with E-state index in [1.165, 1.54) is 41.8 Å². The highest BCUT2D eigenvalue weighted by atomic mass is 28.3. The normalized spacial score (nSPS) is 10.9. The van der Waals surface area contributed by atoms with Gasteiger partial charge in [-0.05, 0) is 52.9 Å². The molecule has 0 aliphatic rings. The van der Waals surface area contributed by atoms with Crippen LogP contribution in [0.4, 0.5) is 0 Å². The van der Waals surface area contributed by atoms with Crippen LogP contribution in [0, 0.1) is 34.6 Å². The Morgan fingerprint density at radius 2 is 1.17 bits per heavy atom. The van der Waals surface area contributed by atoms with E-state index in [4.69, 9.17) is 14.7 Å². The zero-order valence-corrected chi connectivity index (χ0v) is 29.3. The first kappa shape index (κ1) is 34.7. The van der Waals surface area contributed by atoms with Gasteiger partial charge in [0, 0.05) is 24.1 Å². The van der Waals surface area contributed by atoms with Crippen LogP contribution in [0.2, 0.25) is 19.1 Å².